The molecule has 152 valence electrons. The van der Waals surface area contributed by atoms with Crippen LogP contribution in [-0.4, -0.2) is 55.7 Å². The summed E-state index contributed by atoms with van der Waals surface area (Å²) in [5.74, 6) is 0.560. The van der Waals surface area contributed by atoms with Gasteiger partial charge < -0.3 is 15.0 Å². The Balaban J connectivity index is 1.53. The predicted octanol–water partition coefficient (Wildman–Crippen LogP) is 3.77. The first kappa shape index (κ1) is 21.0. The molecule has 1 aliphatic heterocycles. The lowest BCUT2D eigenvalue weighted by Gasteiger charge is -2.31. The number of carbonyl (C=O) groups excluding carboxylic acids is 1. The van der Waals surface area contributed by atoms with Gasteiger partial charge in [0.1, 0.15) is 9.88 Å². The van der Waals surface area contributed by atoms with E-state index in [0.717, 1.165) is 73.2 Å². The fourth-order valence-corrected chi connectivity index (χ4v) is 4.55. The molecule has 1 fully saturated rings. The number of hydrogen-bond acceptors (Lipinski definition) is 5. The van der Waals surface area contributed by atoms with Crippen molar-refractivity contribution in [2.24, 2.45) is 5.92 Å². The summed E-state index contributed by atoms with van der Waals surface area (Å²) in [4.78, 5) is 20.5. The number of nitrogens with zero attached hydrogens (tertiary/aromatic N) is 2. The molecule has 1 saturated heterocycles. The van der Waals surface area contributed by atoms with Crippen molar-refractivity contribution < 1.29 is 9.53 Å². The molecule has 0 unspecified atom stereocenters. The molecule has 0 bridgehead atoms. The lowest BCUT2D eigenvalue weighted by molar-refractivity contribution is 0.0929. The van der Waals surface area contributed by atoms with Gasteiger partial charge in [-0.1, -0.05) is 31.2 Å². The van der Waals surface area contributed by atoms with Crippen LogP contribution in [0.25, 0.3) is 10.6 Å². The third-order valence-electron chi connectivity index (χ3n) is 5.48. The van der Waals surface area contributed by atoms with Gasteiger partial charge in [0.25, 0.3) is 5.91 Å². The van der Waals surface area contributed by atoms with Crippen molar-refractivity contribution in [2.75, 3.05) is 39.9 Å². The van der Waals surface area contributed by atoms with E-state index in [4.69, 9.17) is 4.74 Å². The number of carbonyl (C=O) groups is 1. The van der Waals surface area contributed by atoms with Crippen molar-refractivity contribution in [2.45, 2.75) is 33.1 Å². The Labute approximate surface area is 172 Å². The van der Waals surface area contributed by atoms with Crippen LogP contribution >= 0.6 is 11.3 Å². The highest BCUT2D eigenvalue weighted by Crippen LogP contribution is 2.28. The van der Waals surface area contributed by atoms with E-state index in [1.165, 1.54) is 16.9 Å². The largest absolute Gasteiger partial charge is 0.383 e. The lowest BCUT2D eigenvalue weighted by Crippen LogP contribution is -2.39. The van der Waals surface area contributed by atoms with Gasteiger partial charge in [-0.05, 0) is 50.8 Å². The van der Waals surface area contributed by atoms with Crippen LogP contribution in [0.2, 0.25) is 0 Å². The van der Waals surface area contributed by atoms with E-state index in [9.17, 15) is 4.79 Å². The average molecular weight is 402 g/mol. The number of hydrogen-bond donors (Lipinski definition) is 1. The van der Waals surface area contributed by atoms with Crippen molar-refractivity contribution in [3.05, 3.63) is 40.4 Å². The molecule has 1 aromatic carbocycles. The first-order valence-electron chi connectivity index (χ1n) is 10.2. The Morgan fingerprint density at radius 3 is 2.64 bits per heavy atom. The first-order valence-corrected chi connectivity index (χ1v) is 11.0. The molecule has 0 atom stereocenters. The van der Waals surface area contributed by atoms with Crippen molar-refractivity contribution in [3.63, 3.8) is 0 Å². The molecule has 0 radical (unpaired) electrons. The van der Waals surface area contributed by atoms with E-state index in [1.54, 1.807) is 7.11 Å². The normalized spacial score (nSPS) is 15.7. The van der Waals surface area contributed by atoms with Gasteiger partial charge in [0, 0.05) is 25.8 Å². The van der Waals surface area contributed by atoms with Crippen LogP contribution in [0.1, 0.15) is 40.7 Å². The molecule has 1 aromatic heterocycles. The number of likely N-dealkylation sites (tertiary alicyclic amines) is 1. The summed E-state index contributed by atoms with van der Waals surface area (Å²) in [5, 5.41) is 4.05. The standard InChI is InChI=1S/C22H31N3O2S/c1-4-17-5-7-19(8-6-17)22-24-16(2)20(28-22)21(26)23-15-18-9-11-25(12-10-18)13-14-27-3/h5-8,18H,4,9-15H2,1-3H3,(H,23,26). The van der Waals surface area contributed by atoms with Crippen molar-refractivity contribution in [1.82, 2.24) is 15.2 Å². The lowest BCUT2D eigenvalue weighted by atomic mass is 9.97. The zero-order chi connectivity index (χ0) is 19.9. The Hall–Kier alpha value is -1.76. The van der Waals surface area contributed by atoms with E-state index < -0.39 is 0 Å². The summed E-state index contributed by atoms with van der Waals surface area (Å²) in [5.41, 5.74) is 3.20. The maximum absolute atomic E-state index is 12.7. The Kier molecular flexibility index (Phi) is 7.59. The van der Waals surface area contributed by atoms with Crippen LogP contribution in [0.4, 0.5) is 0 Å². The van der Waals surface area contributed by atoms with E-state index in [0.29, 0.717) is 5.92 Å². The van der Waals surface area contributed by atoms with E-state index in [-0.39, 0.29) is 5.91 Å². The number of ether oxygens (including phenoxy) is 1. The van der Waals surface area contributed by atoms with Crippen molar-refractivity contribution >= 4 is 17.2 Å². The summed E-state index contributed by atoms with van der Waals surface area (Å²) in [6, 6.07) is 8.45. The van der Waals surface area contributed by atoms with Crippen LogP contribution in [0.15, 0.2) is 24.3 Å². The van der Waals surface area contributed by atoms with E-state index >= 15 is 0 Å². The van der Waals surface area contributed by atoms with Gasteiger partial charge in [0.05, 0.1) is 12.3 Å². The van der Waals surface area contributed by atoms with Gasteiger partial charge >= 0.3 is 0 Å². The molecule has 0 aliphatic carbocycles. The molecule has 0 spiro atoms. The zero-order valence-electron chi connectivity index (χ0n) is 17.2. The second kappa shape index (κ2) is 10.1. The average Bonchev–Trinajstić information content (AvgIpc) is 3.13. The topological polar surface area (TPSA) is 54.5 Å². The molecule has 0 saturated carbocycles. The smallest absolute Gasteiger partial charge is 0.263 e. The highest BCUT2D eigenvalue weighted by Gasteiger charge is 2.21. The van der Waals surface area contributed by atoms with Crippen LogP contribution in [0, 0.1) is 12.8 Å². The molecule has 3 rings (SSSR count). The van der Waals surface area contributed by atoms with Gasteiger partial charge in [-0.25, -0.2) is 4.98 Å². The molecule has 1 aliphatic rings. The van der Waals surface area contributed by atoms with Crippen molar-refractivity contribution in [1.29, 1.82) is 0 Å². The number of benzene rings is 1. The number of piperidine rings is 1. The van der Waals surface area contributed by atoms with Crippen LogP contribution in [-0.2, 0) is 11.2 Å². The van der Waals surface area contributed by atoms with Gasteiger partial charge in [-0.15, -0.1) is 11.3 Å². The first-order chi connectivity index (χ1) is 13.6. The predicted molar refractivity (Wildman–Crippen MR) is 115 cm³/mol. The summed E-state index contributed by atoms with van der Waals surface area (Å²) in [7, 11) is 1.75. The fourth-order valence-electron chi connectivity index (χ4n) is 3.57. The molecule has 2 heterocycles. The van der Waals surface area contributed by atoms with Gasteiger partial charge in [0.2, 0.25) is 0 Å². The molecule has 5 nitrogen and oxygen atoms in total. The molecule has 28 heavy (non-hydrogen) atoms. The Morgan fingerprint density at radius 1 is 1.29 bits per heavy atom. The summed E-state index contributed by atoms with van der Waals surface area (Å²) in [6.07, 6.45) is 3.28. The molecule has 1 N–H and O–H groups in total. The molecule has 1 amide bonds. The quantitative estimate of drug-likeness (QED) is 0.732. The summed E-state index contributed by atoms with van der Waals surface area (Å²) < 4.78 is 5.15. The molecular formula is C22H31N3O2S. The second-order valence-electron chi connectivity index (χ2n) is 7.47. The monoisotopic (exact) mass is 401 g/mol. The zero-order valence-corrected chi connectivity index (χ0v) is 18.0. The fraction of sp³-hybridized carbons (Fsp3) is 0.545. The summed E-state index contributed by atoms with van der Waals surface area (Å²) in [6.45, 7) is 8.77. The maximum atomic E-state index is 12.7. The third kappa shape index (κ3) is 5.40. The second-order valence-corrected chi connectivity index (χ2v) is 8.47. The number of rotatable bonds is 8. The van der Waals surface area contributed by atoms with Crippen molar-refractivity contribution in [3.8, 4) is 10.6 Å². The minimum Gasteiger partial charge on any atom is -0.383 e. The molecule has 6 heteroatoms. The number of aromatic nitrogens is 1. The third-order valence-corrected chi connectivity index (χ3v) is 6.69. The summed E-state index contributed by atoms with van der Waals surface area (Å²) >= 11 is 1.48. The van der Waals surface area contributed by atoms with Crippen LogP contribution < -0.4 is 5.32 Å². The molecule has 2 aromatic rings. The Morgan fingerprint density at radius 2 is 2.00 bits per heavy atom. The highest BCUT2D eigenvalue weighted by molar-refractivity contribution is 7.17. The van der Waals surface area contributed by atoms with Crippen LogP contribution in [0.5, 0.6) is 0 Å². The number of aryl methyl sites for hydroxylation is 2. The van der Waals surface area contributed by atoms with E-state index in [1.807, 2.05) is 6.92 Å². The minimum atomic E-state index is 0.00763. The van der Waals surface area contributed by atoms with E-state index in [2.05, 4.69) is 46.4 Å². The number of thiazole rings is 1. The van der Waals surface area contributed by atoms with Gasteiger partial charge in [-0.2, -0.15) is 0 Å². The highest BCUT2D eigenvalue weighted by atomic mass is 32.1. The van der Waals surface area contributed by atoms with Crippen LogP contribution in [0.3, 0.4) is 0 Å². The number of methoxy groups -OCH3 is 1. The number of nitrogens with one attached hydrogen (secondary N) is 1. The maximum Gasteiger partial charge on any atom is 0.263 e. The Bertz CT molecular complexity index is 765. The van der Waals surface area contributed by atoms with Gasteiger partial charge in [-0.3, -0.25) is 4.79 Å². The minimum absolute atomic E-state index is 0.00763. The SMILES string of the molecule is CCc1ccc(-c2nc(C)c(C(=O)NCC3CCN(CCOC)CC3)s2)cc1. The number of amides is 1. The van der Waals surface area contributed by atoms with Gasteiger partial charge in [0.15, 0.2) is 0 Å². The molecular weight excluding hydrogens is 370 g/mol.